The third-order valence-corrected chi connectivity index (χ3v) is 2.92. The number of nitrogens with zero attached hydrogens (tertiary/aromatic N) is 1. The van der Waals surface area contributed by atoms with E-state index in [1.807, 2.05) is 0 Å². The van der Waals surface area contributed by atoms with E-state index in [9.17, 15) is 9.59 Å². The first-order valence-electron chi connectivity index (χ1n) is 4.94. The highest BCUT2D eigenvalue weighted by Gasteiger charge is 2.56. The highest BCUT2D eigenvalue weighted by atomic mass is 16.6. The fourth-order valence-electron chi connectivity index (χ4n) is 2.14. The van der Waals surface area contributed by atoms with E-state index in [2.05, 4.69) is 6.58 Å². The molecule has 5 heteroatoms. The Hall–Kier alpha value is -1.52. The highest BCUT2D eigenvalue weighted by molar-refractivity contribution is 5.81. The normalized spacial score (nSPS) is 32.0. The molecule has 1 saturated heterocycles. The molecule has 2 aliphatic rings. The monoisotopic (exact) mass is 211 g/mol. The van der Waals surface area contributed by atoms with Crippen LogP contribution in [-0.2, 0) is 9.53 Å². The van der Waals surface area contributed by atoms with E-state index in [0.29, 0.717) is 12.3 Å². The number of piperidine rings is 1. The molecule has 3 atom stereocenters. The number of amides is 1. The minimum absolute atomic E-state index is 0.0865. The number of rotatable bonds is 3. The average molecular weight is 211 g/mol. The third-order valence-electron chi connectivity index (χ3n) is 2.92. The smallest absolute Gasteiger partial charge is 0.411 e. The van der Waals surface area contributed by atoms with Crippen molar-refractivity contribution in [3.05, 3.63) is 12.7 Å². The zero-order valence-corrected chi connectivity index (χ0v) is 8.26. The molecule has 0 unspecified atom stereocenters. The quantitative estimate of drug-likeness (QED) is 0.703. The van der Waals surface area contributed by atoms with Crippen LogP contribution >= 0.6 is 0 Å². The first-order chi connectivity index (χ1) is 7.15. The molecule has 1 aliphatic carbocycles. The van der Waals surface area contributed by atoms with Crippen LogP contribution in [0, 0.1) is 5.92 Å². The number of fused-ring (bicyclic) bond motifs is 1. The largest absolute Gasteiger partial charge is 0.480 e. The maximum absolute atomic E-state index is 11.5. The Morgan fingerprint density at radius 1 is 1.53 bits per heavy atom. The van der Waals surface area contributed by atoms with Crippen LogP contribution < -0.4 is 0 Å². The van der Waals surface area contributed by atoms with Gasteiger partial charge in [0.1, 0.15) is 12.6 Å². The molecule has 2 rings (SSSR count). The number of carboxylic acids is 1. The zero-order chi connectivity index (χ0) is 11.0. The second kappa shape index (κ2) is 3.56. The topological polar surface area (TPSA) is 66.8 Å². The molecule has 0 aromatic carbocycles. The second-order valence-corrected chi connectivity index (χ2v) is 3.93. The summed E-state index contributed by atoms with van der Waals surface area (Å²) in [5.41, 5.74) is 0. The van der Waals surface area contributed by atoms with Crippen LogP contribution in [0.2, 0.25) is 0 Å². The molecule has 0 radical (unpaired) electrons. The van der Waals surface area contributed by atoms with Gasteiger partial charge in [0.2, 0.25) is 0 Å². The summed E-state index contributed by atoms with van der Waals surface area (Å²) in [7, 11) is 0. The molecule has 82 valence electrons. The van der Waals surface area contributed by atoms with Gasteiger partial charge in [-0.3, -0.25) is 4.90 Å². The van der Waals surface area contributed by atoms with Gasteiger partial charge >= 0.3 is 12.1 Å². The summed E-state index contributed by atoms with van der Waals surface area (Å²) in [5.74, 6) is -0.583. The summed E-state index contributed by atoms with van der Waals surface area (Å²) in [4.78, 5) is 23.8. The van der Waals surface area contributed by atoms with Crippen molar-refractivity contribution in [2.24, 2.45) is 5.92 Å². The van der Waals surface area contributed by atoms with E-state index in [4.69, 9.17) is 9.84 Å². The van der Waals surface area contributed by atoms with Crippen LogP contribution in [0.1, 0.15) is 12.8 Å². The lowest BCUT2D eigenvalue weighted by atomic mass is 10.2. The van der Waals surface area contributed by atoms with Crippen LogP contribution in [0.25, 0.3) is 0 Å². The Bertz CT molecular complexity index is 315. The number of carbonyl (C=O) groups is 2. The first-order valence-corrected chi connectivity index (χ1v) is 4.94. The molecular weight excluding hydrogens is 198 g/mol. The minimum Gasteiger partial charge on any atom is -0.480 e. The summed E-state index contributed by atoms with van der Waals surface area (Å²) in [6.45, 7) is 3.55. The molecule has 1 aliphatic heterocycles. The van der Waals surface area contributed by atoms with E-state index in [-0.39, 0.29) is 12.6 Å². The Morgan fingerprint density at radius 2 is 2.27 bits per heavy atom. The van der Waals surface area contributed by atoms with Gasteiger partial charge in [0.05, 0.1) is 0 Å². The van der Waals surface area contributed by atoms with Gasteiger partial charge in [-0.25, -0.2) is 9.59 Å². The van der Waals surface area contributed by atoms with Crippen LogP contribution in [0.15, 0.2) is 12.7 Å². The fraction of sp³-hybridized carbons (Fsp3) is 0.600. The first kappa shape index (κ1) is 10.0. The molecule has 1 amide bonds. The van der Waals surface area contributed by atoms with E-state index in [1.165, 1.54) is 11.0 Å². The predicted molar refractivity (Wildman–Crippen MR) is 51.3 cm³/mol. The Morgan fingerprint density at radius 3 is 2.87 bits per heavy atom. The van der Waals surface area contributed by atoms with Crippen molar-refractivity contribution in [2.45, 2.75) is 24.9 Å². The van der Waals surface area contributed by atoms with Gasteiger partial charge in [0.25, 0.3) is 0 Å². The maximum Gasteiger partial charge on any atom is 0.411 e. The van der Waals surface area contributed by atoms with Crippen molar-refractivity contribution in [3.8, 4) is 0 Å². The van der Waals surface area contributed by atoms with Crippen molar-refractivity contribution >= 4 is 12.1 Å². The van der Waals surface area contributed by atoms with Gasteiger partial charge in [0.15, 0.2) is 0 Å². The second-order valence-electron chi connectivity index (χ2n) is 3.93. The van der Waals surface area contributed by atoms with E-state index in [1.54, 1.807) is 0 Å². The molecular formula is C10H13NO4. The predicted octanol–water partition coefficient (Wildman–Crippen LogP) is 0.856. The number of carbonyl (C=O) groups excluding carboxylic acids is 1. The number of ether oxygens (including phenoxy) is 1. The van der Waals surface area contributed by atoms with Crippen molar-refractivity contribution in [2.75, 3.05) is 6.61 Å². The number of hydrogen-bond acceptors (Lipinski definition) is 3. The number of likely N-dealkylation sites (tertiary alicyclic amines) is 1. The molecule has 0 aromatic rings. The van der Waals surface area contributed by atoms with E-state index >= 15 is 0 Å². The van der Waals surface area contributed by atoms with Gasteiger partial charge in [-0.1, -0.05) is 12.7 Å². The summed E-state index contributed by atoms with van der Waals surface area (Å²) in [6.07, 6.45) is 2.40. The standard InChI is InChI=1S/C10H13NO4/c1-2-3-15-10(14)11-7-4-6(7)5-8(11)9(12)13/h2,6-8H,1,3-5H2,(H,12,13)/t6-,7-,8-/m0/s1. The van der Waals surface area contributed by atoms with Crippen LogP contribution in [0.3, 0.4) is 0 Å². The van der Waals surface area contributed by atoms with E-state index in [0.717, 1.165) is 6.42 Å². The van der Waals surface area contributed by atoms with Gasteiger partial charge in [-0.05, 0) is 18.8 Å². The Labute approximate surface area is 87.3 Å². The molecule has 1 saturated carbocycles. The van der Waals surface area contributed by atoms with Crippen molar-refractivity contribution in [1.82, 2.24) is 4.90 Å². The summed E-state index contributed by atoms with van der Waals surface area (Å²) >= 11 is 0. The number of aliphatic carboxylic acids is 1. The molecule has 1 heterocycles. The highest BCUT2D eigenvalue weighted by Crippen LogP contribution is 2.48. The van der Waals surface area contributed by atoms with Gasteiger partial charge in [0, 0.05) is 6.04 Å². The Kier molecular flexibility index (Phi) is 2.38. The number of carboxylic acid groups (broad SMARTS) is 1. The molecule has 15 heavy (non-hydrogen) atoms. The van der Waals surface area contributed by atoms with Crippen LogP contribution in [0.5, 0.6) is 0 Å². The van der Waals surface area contributed by atoms with Gasteiger partial charge < -0.3 is 9.84 Å². The minimum atomic E-state index is -0.947. The Balaban J connectivity index is 2.01. The molecule has 0 spiro atoms. The lowest BCUT2D eigenvalue weighted by Crippen LogP contribution is -2.43. The summed E-state index contributed by atoms with van der Waals surface area (Å²) in [5, 5.41) is 8.93. The zero-order valence-electron chi connectivity index (χ0n) is 8.26. The molecule has 1 N–H and O–H groups in total. The summed E-state index contributed by atoms with van der Waals surface area (Å²) in [6, 6.07) is -0.616. The molecule has 5 nitrogen and oxygen atoms in total. The molecule has 0 aromatic heterocycles. The molecule has 0 bridgehead atoms. The van der Waals surface area contributed by atoms with Crippen molar-refractivity contribution in [3.63, 3.8) is 0 Å². The fourth-order valence-corrected chi connectivity index (χ4v) is 2.14. The maximum atomic E-state index is 11.5. The lowest BCUT2D eigenvalue weighted by molar-refractivity contribution is -0.142. The summed E-state index contributed by atoms with van der Waals surface area (Å²) < 4.78 is 4.86. The number of hydrogen-bond donors (Lipinski definition) is 1. The molecule has 2 fully saturated rings. The van der Waals surface area contributed by atoms with Crippen molar-refractivity contribution in [1.29, 1.82) is 0 Å². The van der Waals surface area contributed by atoms with E-state index < -0.39 is 18.1 Å². The lowest BCUT2D eigenvalue weighted by Gasteiger charge is -2.23. The SMILES string of the molecule is C=CCOC(=O)N1[C@H](C(=O)O)C[C@@H]2C[C@@H]21. The van der Waals surface area contributed by atoms with Crippen LogP contribution in [0.4, 0.5) is 4.79 Å². The van der Waals surface area contributed by atoms with Crippen LogP contribution in [-0.4, -0.2) is 40.8 Å². The average Bonchev–Trinajstić information content (AvgIpc) is 2.86. The van der Waals surface area contributed by atoms with Crippen molar-refractivity contribution < 1.29 is 19.4 Å². The third kappa shape index (κ3) is 1.69. The van der Waals surface area contributed by atoms with Gasteiger partial charge in [-0.2, -0.15) is 0 Å². The van der Waals surface area contributed by atoms with Gasteiger partial charge in [-0.15, -0.1) is 0 Å².